The Morgan fingerprint density at radius 3 is 2.52 bits per heavy atom. The number of benzene rings is 3. The van der Waals surface area contributed by atoms with Gasteiger partial charge in [-0.3, -0.25) is 4.79 Å². The summed E-state index contributed by atoms with van der Waals surface area (Å²) in [5, 5.41) is 4.87. The van der Waals surface area contributed by atoms with Crippen molar-refractivity contribution >= 4 is 38.1 Å². The molecule has 2 aliphatic heterocycles. The second-order valence-corrected chi connectivity index (χ2v) is 9.77. The number of carbonyl (C=O) groups is 1. The fourth-order valence-corrected chi connectivity index (χ4v) is 5.68. The fourth-order valence-electron chi connectivity index (χ4n) is 4.27. The number of hydrogen-bond acceptors (Lipinski definition) is 5. The van der Waals surface area contributed by atoms with Crippen molar-refractivity contribution in [3.8, 4) is 0 Å². The number of amides is 1. The van der Waals surface area contributed by atoms with Gasteiger partial charge in [-0.25, -0.2) is 8.42 Å². The van der Waals surface area contributed by atoms with Gasteiger partial charge in [-0.15, -0.1) is 0 Å². The van der Waals surface area contributed by atoms with Crippen LogP contribution in [0.2, 0.25) is 0 Å². The second-order valence-electron chi connectivity index (χ2n) is 7.83. The summed E-state index contributed by atoms with van der Waals surface area (Å²) in [4.78, 5) is 14.6. The highest BCUT2D eigenvalue weighted by Crippen LogP contribution is 2.38. The number of rotatable bonds is 5. The summed E-state index contributed by atoms with van der Waals surface area (Å²) in [6.07, 6.45) is 0. The normalized spacial score (nSPS) is 16.5. The molecule has 0 atom stereocenters. The van der Waals surface area contributed by atoms with Crippen molar-refractivity contribution in [2.75, 3.05) is 43.6 Å². The number of carbonyl (C=O) groups excluding carboxylic acids is 1. The van der Waals surface area contributed by atoms with Crippen molar-refractivity contribution in [1.82, 2.24) is 4.31 Å². The van der Waals surface area contributed by atoms with E-state index in [4.69, 9.17) is 4.74 Å². The second kappa shape index (κ2) is 7.64. The maximum absolute atomic E-state index is 12.8. The predicted octanol–water partition coefficient (Wildman–Crippen LogP) is 3.06. The zero-order valence-corrected chi connectivity index (χ0v) is 18.0. The molecule has 1 fully saturated rings. The van der Waals surface area contributed by atoms with Gasteiger partial charge in [0.15, 0.2) is 0 Å². The summed E-state index contributed by atoms with van der Waals surface area (Å²) in [5.41, 5.74) is 3.55. The quantitative estimate of drug-likeness (QED) is 0.664. The van der Waals surface area contributed by atoms with E-state index in [1.165, 1.54) is 4.31 Å². The molecular formula is C23H23N3O4S. The van der Waals surface area contributed by atoms with E-state index in [0.29, 0.717) is 43.3 Å². The molecule has 2 heterocycles. The molecule has 3 aromatic rings. The van der Waals surface area contributed by atoms with E-state index in [1.54, 1.807) is 12.1 Å². The minimum absolute atomic E-state index is 0.0718. The van der Waals surface area contributed by atoms with Crippen molar-refractivity contribution in [2.24, 2.45) is 0 Å². The highest BCUT2D eigenvalue weighted by molar-refractivity contribution is 7.89. The number of nitrogens with zero attached hydrogens (tertiary/aromatic N) is 2. The molecule has 160 valence electrons. The molecule has 0 radical (unpaired) electrons. The van der Waals surface area contributed by atoms with E-state index in [1.807, 2.05) is 49.5 Å². The molecule has 0 aliphatic carbocycles. The first-order chi connectivity index (χ1) is 14.9. The Balaban J connectivity index is 1.39. The first-order valence-corrected chi connectivity index (χ1v) is 11.6. The third-order valence-corrected chi connectivity index (χ3v) is 7.79. The smallest absolute Gasteiger partial charge is 0.256 e. The van der Waals surface area contributed by atoms with E-state index in [9.17, 15) is 13.2 Å². The van der Waals surface area contributed by atoms with Crippen LogP contribution in [0.15, 0.2) is 59.5 Å². The molecule has 1 saturated heterocycles. The fraction of sp³-hybridized carbons (Fsp3) is 0.261. The minimum Gasteiger partial charge on any atom is -0.379 e. The lowest BCUT2D eigenvalue weighted by Crippen LogP contribution is -2.40. The highest BCUT2D eigenvalue weighted by atomic mass is 32.2. The lowest BCUT2D eigenvalue weighted by atomic mass is 10.0. The third kappa shape index (κ3) is 3.46. The van der Waals surface area contributed by atoms with Gasteiger partial charge in [-0.05, 0) is 35.9 Å². The average molecular weight is 438 g/mol. The molecule has 31 heavy (non-hydrogen) atoms. The lowest BCUT2D eigenvalue weighted by Gasteiger charge is -2.26. The Hall–Kier alpha value is -2.94. The van der Waals surface area contributed by atoms with Gasteiger partial charge in [0.1, 0.15) is 0 Å². The van der Waals surface area contributed by atoms with Crippen molar-refractivity contribution < 1.29 is 17.9 Å². The molecule has 1 N–H and O–H groups in total. The van der Waals surface area contributed by atoms with E-state index in [0.717, 1.165) is 27.7 Å². The first-order valence-electron chi connectivity index (χ1n) is 10.2. The highest BCUT2D eigenvalue weighted by Gasteiger charge is 2.26. The van der Waals surface area contributed by atoms with Gasteiger partial charge < -0.3 is 15.0 Å². The van der Waals surface area contributed by atoms with Crippen LogP contribution in [0.25, 0.3) is 10.8 Å². The Kier molecular flexibility index (Phi) is 4.92. The summed E-state index contributed by atoms with van der Waals surface area (Å²) >= 11 is 0. The van der Waals surface area contributed by atoms with Crippen LogP contribution >= 0.6 is 0 Å². The van der Waals surface area contributed by atoms with E-state index >= 15 is 0 Å². The maximum Gasteiger partial charge on any atom is 0.256 e. The summed E-state index contributed by atoms with van der Waals surface area (Å²) < 4.78 is 32.4. The molecule has 5 rings (SSSR count). The Morgan fingerprint density at radius 2 is 1.77 bits per heavy atom. The van der Waals surface area contributed by atoms with E-state index in [-0.39, 0.29) is 5.91 Å². The van der Waals surface area contributed by atoms with Crippen LogP contribution < -0.4 is 10.2 Å². The monoisotopic (exact) mass is 437 g/mol. The van der Waals surface area contributed by atoms with Gasteiger partial charge in [0.25, 0.3) is 5.91 Å². The Labute approximate surface area is 181 Å². The molecular weight excluding hydrogens is 414 g/mol. The predicted molar refractivity (Wildman–Crippen MR) is 120 cm³/mol. The van der Waals surface area contributed by atoms with Crippen LogP contribution in [0, 0.1) is 0 Å². The first kappa shape index (κ1) is 20.0. The van der Waals surface area contributed by atoms with Crippen LogP contribution in [0.5, 0.6) is 0 Å². The van der Waals surface area contributed by atoms with Crippen LogP contribution in [0.1, 0.15) is 15.9 Å². The maximum atomic E-state index is 12.8. The third-order valence-electron chi connectivity index (χ3n) is 5.87. The van der Waals surface area contributed by atoms with E-state index in [2.05, 4.69) is 10.2 Å². The average Bonchev–Trinajstić information content (AvgIpc) is 3.12. The molecule has 0 bridgehead atoms. The molecule has 0 unspecified atom stereocenters. The van der Waals surface area contributed by atoms with Gasteiger partial charge in [-0.2, -0.15) is 4.31 Å². The van der Waals surface area contributed by atoms with Gasteiger partial charge >= 0.3 is 0 Å². The lowest BCUT2D eigenvalue weighted by molar-refractivity contribution is 0.0730. The standard InChI is InChI=1S/C23H23N3O4S/c1-25(21-10-9-20-22-18(21)3-2-4-19(22)23(27)24-20)15-16-5-7-17(8-6-16)31(28,29)26-11-13-30-14-12-26/h2-10H,11-15H2,1H3,(H,24,27). The van der Waals surface area contributed by atoms with Crippen LogP contribution in [0.4, 0.5) is 11.4 Å². The topological polar surface area (TPSA) is 79.0 Å². The minimum atomic E-state index is -3.50. The van der Waals surface area contributed by atoms with Crippen molar-refractivity contribution in [1.29, 1.82) is 0 Å². The Morgan fingerprint density at radius 1 is 1.03 bits per heavy atom. The number of morpholine rings is 1. The molecule has 0 spiro atoms. The van der Waals surface area contributed by atoms with Gasteiger partial charge in [0.2, 0.25) is 10.0 Å². The molecule has 8 heteroatoms. The Bertz CT molecular complexity index is 1270. The van der Waals surface area contributed by atoms with Gasteiger partial charge in [-0.1, -0.05) is 24.3 Å². The van der Waals surface area contributed by atoms with Crippen LogP contribution in [0.3, 0.4) is 0 Å². The van der Waals surface area contributed by atoms with Crippen LogP contribution in [-0.4, -0.2) is 52.0 Å². The number of nitrogens with one attached hydrogen (secondary N) is 1. The number of hydrogen-bond donors (Lipinski definition) is 1. The van der Waals surface area contributed by atoms with Crippen molar-refractivity contribution in [2.45, 2.75) is 11.4 Å². The SMILES string of the molecule is CN(Cc1ccc(S(=O)(=O)N2CCOCC2)cc1)c1ccc2c3c(cccc13)C(=O)N2. The number of sulfonamides is 1. The number of ether oxygens (including phenoxy) is 1. The van der Waals surface area contributed by atoms with Crippen LogP contribution in [-0.2, 0) is 21.3 Å². The number of anilines is 2. The van der Waals surface area contributed by atoms with Gasteiger partial charge in [0.05, 0.1) is 18.1 Å². The van der Waals surface area contributed by atoms with E-state index < -0.39 is 10.0 Å². The zero-order chi connectivity index (χ0) is 21.6. The van der Waals surface area contributed by atoms with Crippen molar-refractivity contribution in [3.63, 3.8) is 0 Å². The molecule has 1 amide bonds. The summed E-state index contributed by atoms with van der Waals surface area (Å²) in [5.74, 6) is -0.0718. The zero-order valence-electron chi connectivity index (χ0n) is 17.2. The molecule has 0 saturated carbocycles. The molecule has 7 nitrogen and oxygen atoms in total. The van der Waals surface area contributed by atoms with Crippen molar-refractivity contribution in [3.05, 3.63) is 65.7 Å². The molecule has 3 aromatic carbocycles. The largest absolute Gasteiger partial charge is 0.379 e. The summed E-state index contributed by atoms with van der Waals surface area (Å²) in [6, 6.07) is 16.7. The molecule has 2 aliphatic rings. The summed E-state index contributed by atoms with van der Waals surface area (Å²) in [7, 11) is -1.50. The molecule has 0 aromatic heterocycles. The van der Waals surface area contributed by atoms with Gasteiger partial charge in [0, 0.05) is 54.4 Å². The summed E-state index contributed by atoms with van der Waals surface area (Å²) in [6.45, 7) is 2.23.